The van der Waals surface area contributed by atoms with Crippen molar-refractivity contribution in [3.05, 3.63) is 85.9 Å². The minimum absolute atomic E-state index is 0.0709. The zero-order valence-corrected chi connectivity index (χ0v) is 21.5. The first kappa shape index (κ1) is 25.4. The number of hydrogen-bond donors (Lipinski definition) is 0. The molecule has 0 aliphatic carbocycles. The molecule has 1 aromatic carbocycles. The Kier molecular flexibility index (Phi) is 7.13. The van der Waals surface area contributed by atoms with E-state index in [-0.39, 0.29) is 31.8 Å². The van der Waals surface area contributed by atoms with Crippen LogP contribution in [0.2, 0.25) is 0 Å². The molecular formula is C26H20N4O6S2. The molecule has 0 radical (unpaired) electrons. The van der Waals surface area contributed by atoms with Gasteiger partial charge in [0.05, 0.1) is 35.4 Å². The second kappa shape index (κ2) is 10.7. The maximum absolute atomic E-state index is 13.2. The molecule has 0 atom stereocenters. The van der Waals surface area contributed by atoms with Gasteiger partial charge in [0.25, 0.3) is 5.56 Å². The average molecular weight is 549 g/mol. The predicted molar refractivity (Wildman–Crippen MR) is 138 cm³/mol. The molecule has 0 saturated carbocycles. The summed E-state index contributed by atoms with van der Waals surface area (Å²) in [7, 11) is -3.61. The zero-order valence-electron chi connectivity index (χ0n) is 19.9. The van der Waals surface area contributed by atoms with Crippen LogP contribution in [0.25, 0.3) is 23.0 Å². The first-order chi connectivity index (χ1) is 18.4. The molecular weight excluding hydrogens is 528 g/mol. The Labute approximate surface area is 221 Å². The standard InChI is InChI=1S/C26H20N4O6S2/c27-15-19(16-28)26-30(17-21-2-1-11-35-21)25(31)24(37-26)14-20-5-8-23(36-20)18-3-6-22(7-4-18)38(32,33)29-9-12-34-13-10-29/h1-8,11,14H,9-10,12-13,17H2. The number of sulfonamides is 1. The highest BCUT2D eigenvalue weighted by atomic mass is 32.2. The summed E-state index contributed by atoms with van der Waals surface area (Å²) in [6, 6.07) is 16.9. The molecule has 0 spiro atoms. The van der Waals surface area contributed by atoms with Gasteiger partial charge in [0.1, 0.15) is 34.1 Å². The second-order valence-corrected chi connectivity index (χ2v) is 11.2. The van der Waals surface area contributed by atoms with Crippen LogP contribution in [-0.2, 0) is 21.3 Å². The van der Waals surface area contributed by atoms with Crippen molar-refractivity contribution in [2.45, 2.75) is 11.4 Å². The summed E-state index contributed by atoms with van der Waals surface area (Å²) in [5.74, 6) is 1.38. The predicted octanol–water partition coefficient (Wildman–Crippen LogP) is 1.86. The van der Waals surface area contributed by atoms with E-state index in [9.17, 15) is 23.7 Å². The summed E-state index contributed by atoms with van der Waals surface area (Å²) in [6.07, 6.45) is 3.02. The van der Waals surface area contributed by atoms with Crippen LogP contribution in [0.5, 0.6) is 0 Å². The molecule has 1 aliphatic rings. The number of aromatic nitrogens is 1. The summed E-state index contributed by atoms with van der Waals surface area (Å²) in [5, 5.41) is 18.8. The van der Waals surface area contributed by atoms with Crippen LogP contribution in [-0.4, -0.2) is 43.6 Å². The normalized spacial score (nSPS) is 14.7. The van der Waals surface area contributed by atoms with E-state index in [0.717, 1.165) is 11.3 Å². The van der Waals surface area contributed by atoms with Crippen LogP contribution in [0.3, 0.4) is 0 Å². The van der Waals surface area contributed by atoms with E-state index in [1.54, 1.807) is 42.5 Å². The molecule has 10 nitrogen and oxygen atoms in total. The van der Waals surface area contributed by atoms with Gasteiger partial charge in [-0.2, -0.15) is 14.8 Å². The number of benzene rings is 1. The van der Waals surface area contributed by atoms with Crippen molar-refractivity contribution in [1.82, 2.24) is 8.87 Å². The lowest BCUT2D eigenvalue weighted by Gasteiger charge is -2.26. The maximum atomic E-state index is 13.2. The smallest absolute Gasteiger partial charge is 0.269 e. The van der Waals surface area contributed by atoms with Crippen LogP contribution in [0, 0.1) is 22.7 Å². The number of ether oxygens (including phenoxy) is 1. The molecule has 4 aromatic rings. The first-order valence-corrected chi connectivity index (χ1v) is 13.7. The van der Waals surface area contributed by atoms with Crippen molar-refractivity contribution in [3.63, 3.8) is 0 Å². The van der Waals surface area contributed by atoms with Crippen LogP contribution < -0.4 is 14.8 Å². The molecule has 5 rings (SSSR count). The molecule has 0 unspecified atom stereocenters. The molecule has 0 N–H and O–H groups in total. The topological polar surface area (TPSA) is 142 Å². The summed E-state index contributed by atoms with van der Waals surface area (Å²) in [5.41, 5.74) is 0.0999. The van der Waals surface area contributed by atoms with Gasteiger partial charge in [0, 0.05) is 24.7 Å². The number of rotatable bonds is 6. The summed E-state index contributed by atoms with van der Waals surface area (Å²) >= 11 is 1.01. The largest absolute Gasteiger partial charge is 0.467 e. The number of morpholine rings is 1. The lowest BCUT2D eigenvalue weighted by molar-refractivity contribution is 0.0730. The fraction of sp³-hybridized carbons (Fsp3) is 0.192. The monoisotopic (exact) mass is 548 g/mol. The Morgan fingerprint density at radius 2 is 1.79 bits per heavy atom. The average Bonchev–Trinajstić information content (AvgIpc) is 3.69. The van der Waals surface area contributed by atoms with Gasteiger partial charge < -0.3 is 13.6 Å². The number of furan rings is 2. The van der Waals surface area contributed by atoms with E-state index in [2.05, 4.69) is 0 Å². The third kappa shape index (κ3) is 4.98. The minimum atomic E-state index is -3.61. The Morgan fingerprint density at radius 1 is 1.05 bits per heavy atom. The lowest BCUT2D eigenvalue weighted by Crippen LogP contribution is -2.40. The number of thiazole rings is 1. The lowest BCUT2D eigenvalue weighted by atomic mass is 10.2. The molecule has 12 heteroatoms. The molecule has 38 heavy (non-hydrogen) atoms. The molecule has 1 fully saturated rings. The van der Waals surface area contributed by atoms with Gasteiger partial charge in [0.15, 0.2) is 5.57 Å². The third-order valence-electron chi connectivity index (χ3n) is 5.89. The van der Waals surface area contributed by atoms with Crippen molar-refractivity contribution < 1.29 is 22.0 Å². The fourth-order valence-corrected chi connectivity index (χ4v) is 6.41. The van der Waals surface area contributed by atoms with E-state index in [4.69, 9.17) is 13.6 Å². The van der Waals surface area contributed by atoms with E-state index in [0.29, 0.717) is 49.1 Å². The highest BCUT2D eigenvalue weighted by Crippen LogP contribution is 2.25. The quantitative estimate of drug-likeness (QED) is 0.355. The van der Waals surface area contributed by atoms with Crippen LogP contribution >= 0.6 is 11.3 Å². The van der Waals surface area contributed by atoms with Crippen molar-refractivity contribution in [2.75, 3.05) is 26.3 Å². The Morgan fingerprint density at radius 3 is 2.45 bits per heavy atom. The van der Waals surface area contributed by atoms with E-state index >= 15 is 0 Å². The SMILES string of the molecule is N#CC(C#N)=c1sc(=Cc2ccc(-c3ccc(S(=O)(=O)N4CCOCC4)cc3)o2)c(=O)n1Cc1ccco1. The molecule has 1 aliphatic heterocycles. The fourth-order valence-electron chi connectivity index (χ4n) is 3.97. The van der Waals surface area contributed by atoms with Gasteiger partial charge in [0.2, 0.25) is 10.0 Å². The first-order valence-electron chi connectivity index (χ1n) is 11.5. The molecule has 1 saturated heterocycles. The summed E-state index contributed by atoms with van der Waals surface area (Å²) < 4.78 is 45.4. The van der Waals surface area contributed by atoms with Gasteiger partial charge in [-0.3, -0.25) is 9.36 Å². The van der Waals surface area contributed by atoms with Crippen LogP contribution in [0.15, 0.2) is 73.3 Å². The summed E-state index contributed by atoms with van der Waals surface area (Å²) in [4.78, 5) is 13.3. The van der Waals surface area contributed by atoms with Gasteiger partial charge in [-0.1, -0.05) is 0 Å². The van der Waals surface area contributed by atoms with Crippen molar-refractivity contribution >= 4 is 33.0 Å². The Hall–Kier alpha value is -4.20. The summed E-state index contributed by atoms with van der Waals surface area (Å²) in [6.45, 7) is 1.44. The van der Waals surface area contributed by atoms with Crippen molar-refractivity contribution in [2.24, 2.45) is 0 Å². The number of nitrogens with zero attached hydrogens (tertiary/aromatic N) is 4. The van der Waals surface area contributed by atoms with E-state index in [1.807, 2.05) is 12.1 Å². The van der Waals surface area contributed by atoms with Crippen molar-refractivity contribution in [1.29, 1.82) is 10.5 Å². The third-order valence-corrected chi connectivity index (χ3v) is 8.93. The number of hydrogen-bond acceptors (Lipinski definition) is 9. The van der Waals surface area contributed by atoms with Gasteiger partial charge in [-0.15, -0.1) is 11.3 Å². The highest BCUT2D eigenvalue weighted by Gasteiger charge is 2.26. The van der Waals surface area contributed by atoms with Gasteiger partial charge in [-0.05, 0) is 48.5 Å². The molecule has 4 heterocycles. The highest BCUT2D eigenvalue weighted by molar-refractivity contribution is 7.89. The van der Waals surface area contributed by atoms with Crippen LogP contribution in [0.4, 0.5) is 0 Å². The van der Waals surface area contributed by atoms with E-state index in [1.165, 1.54) is 27.3 Å². The molecule has 192 valence electrons. The van der Waals surface area contributed by atoms with Crippen molar-refractivity contribution in [3.8, 4) is 23.5 Å². The molecule has 0 amide bonds. The Balaban J connectivity index is 1.46. The Bertz CT molecular complexity index is 1810. The molecule has 0 bridgehead atoms. The number of nitriles is 2. The zero-order chi connectivity index (χ0) is 26.7. The second-order valence-electron chi connectivity index (χ2n) is 8.23. The molecule has 3 aromatic heterocycles. The minimum Gasteiger partial charge on any atom is -0.467 e. The van der Waals surface area contributed by atoms with Gasteiger partial charge >= 0.3 is 0 Å². The van der Waals surface area contributed by atoms with Crippen LogP contribution in [0.1, 0.15) is 11.5 Å². The van der Waals surface area contributed by atoms with E-state index < -0.39 is 10.0 Å². The van der Waals surface area contributed by atoms with Gasteiger partial charge in [-0.25, -0.2) is 8.42 Å². The maximum Gasteiger partial charge on any atom is 0.269 e.